The minimum Gasteiger partial charge on any atom is -0.459 e. The highest BCUT2D eigenvalue weighted by Gasteiger charge is 2.11. The second-order valence-electron chi connectivity index (χ2n) is 4.95. The van der Waals surface area contributed by atoms with Crippen LogP contribution in [0.3, 0.4) is 0 Å². The van der Waals surface area contributed by atoms with E-state index in [1.165, 1.54) is 30.8 Å². The fourth-order valence-corrected chi connectivity index (χ4v) is 2.42. The minimum absolute atomic E-state index is 0.0329. The predicted octanol–water partition coefficient (Wildman–Crippen LogP) is 1.68. The molecular formula is C15H14Cl2N2O4. The maximum atomic E-state index is 11.9. The standard InChI is InChI=1S/C15H14Cl2N2O4/c1-18-11(7-13(20)19(2)15(18)22)8-23-14(21)5-9-3-4-10(16)6-12(9)17/h3-4,6-7H,5,8H2,1-2H3. The molecule has 0 bridgehead atoms. The molecule has 1 heterocycles. The van der Waals surface area contributed by atoms with Crippen molar-refractivity contribution < 1.29 is 9.53 Å². The molecule has 0 saturated carbocycles. The van der Waals surface area contributed by atoms with Crippen molar-refractivity contribution in [2.24, 2.45) is 14.1 Å². The third kappa shape index (κ3) is 4.03. The summed E-state index contributed by atoms with van der Waals surface area (Å²) in [5, 5.41) is 0.845. The molecule has 0 N–H and O–H groups in total. The van der Waals surface area contributed by atoms with Crippen LogP contribution in [0.2, 0.25) is 10.0 Å². The van der Waals surface area contributed by atoms with Crippen LogP contribution in [0.25, 0.3) is 0 Å². The molecule has 0 aliphatic heterocycles. The molecular weight excluding hydrogens is 343 g/mol. The second kappa shape index (κ2) is 7.02. The van der Waals surface area contributed by atoms with Gasteiger partial charge in [-0.3, -0.25) is 18.7 Å². The van der Waals surface area contributed by atoms with Crippen LogP contribution in [0, 0.1) is 0 Å². The Labute approximate surface area is 141 Å². The van der Waals surface area contributed by atoms with E-state index < -0.39 is 17.2 Å². The zero-order chi connectivity index (χ0) is 17.1. The van der Waals surface area contributed by atoms with Crippen LogP contribution >= 0.6 is 23.2 Å². The summed E-state index contributed by atoms with van der Waals surface area (Å²) in [6, 6.07) is 6.06. The van der Waals surface area contributed by atoms with E-state index in [-0.39, 0.29) is 13.0 Å². The fourth-order valence-electron chi connectivity index (χ4n) is 1.94. The quantitative estimate of drug-likeness (QED) is 0.781. The Morgan fingerprint density at radius 3 is 2.48 bits per heavy atom. The fraction of sp³-hybridized carbons (Fsp3) is 0.267. The van der Waals surface area contributed by atoms with E-state index in [2.05, 4.69) is 0 Å². The SMILES string of the molecule is Cn1c(COC(=O)Cc2ccc(Cl)cc2Cl)cc(=O)n(C)c1=O. The summed E-state index contributed by atoms with van der Waals surface area (Å²) in [7, 11) is 2.88. The number of rotatable bonds is 4. The average molecular weight is 357 g/mol. The molecule has 0 spiro atoms. The first-order chi connectivity index (χ1) is 10.8. The van der Waals surface area contributed by atoms with Crippen LogP contribution in [0.5, 0.6) is 0 Å². The van der Waals surface area contributed by atoms with Gasteiger partial charge in [-0.2, -0.15) is 0 Å². The van der Waals surface area contributed by atoms with Gasteiger partial charge >= 0.3 is 11.7 Å². The van der Waals surface area contributed by atoms with Gasteiger partial charge in [-0.1, -0.05) is 29.3 Å². The van der Waals surface area contributed by atoms with Gasteiger partial charge in [-0.05, 0) is 17.7 Å². The highest BCUT2D eigenvalue weighted by molar-refractivity contribution is 6.35. The summed E-state index contributed by atoms with van der Waals surface area (Å²) in [5.74, 6) is -0.526. The van der Waals surface area contributed by atoms with Crippen molar-refractivity contribution in [3.8, 4) is 0 Å². The number of nitrogens with zero attached hydrogens (tertiary/aromatic N) is 2. The molecule has 1 aromatic heterocycles. The summed E-state index contributed by atoms with van der Waals surface area (Å²) in [5.41, 5.74) is -0.0447. The highest BCUT2D eigenvalue weighted by atomic mass is 35.5. The summed E-state index contributed by atoms with van der Waals surface area (Å²) in [6.45, 7) is -0.175. The predicted molar refractivity (Wildman–Crippen MR) is 86.9 cm³/mol. The van der Waals surface area contributed by atoms with Gasteiger partial charge in [0.25, 0.3) is 5.56 Å². The Morgan fingerprint density at radius 2 is 1.83 bits per heavy atom. The summed E-state index contributed by atoms with van der Waals surface area (Å²) >= 11 is 11.8. The number of halogens is 2. The first-order valence-electron chi connectivity index (χ1n) is 6.65. The highest BCUT2D eigenvalue weighted by Crippen LogP contribution is 2.21. The third-order valence-corrected chi connectivity index (χ3v) is 3.94. The monoisotopic (exact) mass is 356 g/mol. The smallest absolute Gasteiger partial charge is 0.330 e. The normalized spacial score (nSPS) is 10.6. The van der Waals surface area contributed by atoms with Gasteiger partial charge in [-0.15, -0.1) is 0 Å². The molecule has 0 aliphatic rings. The lowest BCUT2D eigenvalue weighted by Gasteiger charge is -2.10. The van der Waals surface area contributed by atoms with E-state index in [9.17, 15) is 14.4 Å². The van der Waals surface area contributed by atoms with E-state index in [1.807, 2.05) is 0 Å². The first-order valence-corrected chi connectivity index (χ1v) is 7.40. The lowest BCUT2D eigenvalue weighted by molar-refractivity contribution is -0.144. The summed E-state index contributed by atoms with van der Waals surface area (Å²) < 4.78 is 7.33. The molecule has 1 aromatic carbocycles. The van der Waals surface area contributed by atoms with E-state index in [0.717, 1.165) is 4.57 Å². The molecule has 8 heteroatoms. The molecule has 6 nitrogen and oxygen atoms in total. The van der Waals surface area contributed by atoms with Gasteiger partial charge in [0.1, 0.15) is 6.61 Å². The first kappa shape index (κ1) is 17.3. The topological polar surface area (TPSA) is 70.3 Å². The molecule has 2 aromatic rings. The molecule has 23 heavy (non-hydrogen) atoms. The van der Waals surface area contributed by atoms with Crippen LogP contribution in [0.15, 0.2) is 33.9 Å². The van der Waals surface area contributed by atoms with Crippen molar-refractivity contribution in [2.75, 3.05) is 0 Å². The summed E-state index contributed by atoms with van der Waals surface area (Å²) in [6.07, 6.45) is -0.0329. The molecule has 0 fully saturated rings. The molecule has 0 atom stereocenters. The molecule has 0 saturated heterocycles. The largest absolute Gasteiger partial charge is 0.459 e. The van der Waals surface area contributed by atoms with Crippen LogP contribution in [-0.2, 0) is 36.7 Å². The minimum atomic E-state index is -0.526. The number of carbonyl (C=O) groups is 1. The van der Waals surface area contributed by atoms with E-state index in [1.54, 1.807) is 12.1 Å². The maximum Gasteiger partial charge on any atom is 0.330 e. The van der Waals surface area contributed by atoms with Crippen molar-refractivity contribution in [1.29, 1.82) is 0 Å². The molecule has 2 rings (SSSR count). The Hall–Kier alpha value is -2.05. The number of ether oxygens (including phenoxy) is 1. The maximum absolute atomic E-state index is 11.9. The average Bonchev–Trinajstić information content (AvgIpc) is 2.50. The van der Waals surface area contributed by atoms with Crippen molar-refractivity contribution in [2.45, 2.75) is 13.0 Å². The van der Waals surface area contributed by atoms with Crippen LogP contribution in [0.4, 0.5) is 0 Å². The molecule has 0 amide bonds. The lowest BCUT2D eigenvalue weighted by atomic mass is 10.1. The number of hydrogen-bond donors (Lipinski definition) is 0. The second-order valence-corrected chi connectivity index (χ2v) is 5.79. The van der Waals surface area contributed by atoms with Gasteiger partial charge in [0, 0.05) is 30.2 Å². The molecule has 122 valence electrons. The van der Waals surface area contributed by atoms with Gasteiger partial charge < -0.3 is 4.74 Å². The van der Waals surface area contributed by atoms with Crippen molar-refractivity contribution >= 4 is 29.2 Å². The zero-order valence-corrected chi connectivity index (χ0v) is 14.0. The zero-order valence-electron chi connectivity index (χ0n) is 12.5. The van der Waals surface area contributed by atoms with Crippen molar-refractivity contribution in [1.82, 2.24) is 9.13 Å². The van der Waals surface area contributed by atoms with Crippen molar-refractivity contribution in [3.05, 3.63) is 66.4 Å². The Kier molecular flexibility index (Phi) is 5.28. The number of benzene rings is 1. The molecule has 0 aliphatic carbocycles. The summed E-state index contributed by atoms with van der Waals surface area (Å²) in [4.78, 5) is 35.3. The lowest BCUT2D eigenvalue weighted by Crippen LogP contribution is -2.38. The Bertz CT molecular complexity index is 871. The Morgan fingerprint density at radius 1 is 1.13 bits per heavy atom. The van der Waals surface area contributed by atoms with Crippen LogP contribution in [-0.4, -0.2) is 15.1 Å². The molecule has 0 radical (unpaired) electrons. The van der Waals surface area contributed by atoms with Crippen LogP contribution in [0.1, 0.15) is 11.3 Å². The van der Waals surface area contributed by atoms with E-state index >= 15 is 0 Å². The van der Waals surface area contributed by atoms with Gasteiger partial charge in [0.15, 0.2) is 0 Å². The van der Waals surface area contributed by atoms with E-state index in [0.29, 0.717) is 21.3 Å². The van der Waals surface area contributed by atoms with Gasteiger partial charge in [0.2, 0.25) is 0 Å². The number of carbonyl (C=O) groups excluding carboxylic acids is 1. The molecule has 0 unspecified atom stereocenters. The van der Waals surface area contributed by atoms with Crippen molar-refractivity contribution in [3.63, 3.8) is 0 Å². The third-order valence-electron chi connectivity index (χ3n) is 3.36. The Balaban J connectivity index is 2.08. The van der Waals surface area contributed by atoms with Gasteiger partial charge in [0.05, 0.1) is 12.1 Å². The number of esters is 1. The van der Waals surface area contributed by atoms with E-state index in [4.69, 9.17) is 27.9 Å². The van der Waals surface area contributed by atoms with Gasteiger partial charge in [-0.25, -0.2) is 4.79 Å². The number of aromatic nitrogens is 2. The number of hydrogen-bond acceptors (Lipinski definition) is 4. The van der Waals surface area contributed by atoms with Crippen LogP contribution < -0.4 is 11.2 Å².